The van der Waals surface area contributed by atoms with Gasteiger partial charge in [0.2, 0.25) is 15.9 Å². The lowest BCUT2D eigenvalue weighted by Crippen LogP contribution is -2.50. The molecule has 0 radical (unpaired) electrons. The van der Waals surface area contributed by atoms with Crippen LogP contribution in [0.1, 0.15) is 29.8 Å². The van der Waals surface area contributed by atoms with Crippen LogP contribution in [-0.2, 0) is 14.8 Å². The lowest BCUT2D eigenvalue weighted by molar-refractivity contribution is -0.113. The molecule has 0 unspecified atom stereocenters. The summed E-state index contributed by atoms with van der Waals surface area (Å²) >= 11 is 0. The first-order valence-electron chi connectivity index (χ1n) is 11.1. The molecule has 2 aromatic carbocycles. The fourth-order valence-corrected chi connectivity index (χ4v) is 4.98. The second kappa shape index (κ2) is 10.8. The molecular formula is C24H32N4O4S. The van der Waals surface area contributed by atoms with E-state index in [0.717, 1.165) is 11.3 Å². The Bertz CT molecular complexity index is 1090. The monoisotopic (exact) mass is 472 g/mol. The van der Waals surface area contributed by atoms with Crippen molar-refractivity contribution in [2.45, 2.75) is 20.8 Å². The lowest BCUT2D eigenvalue weighted by atomic mass is 10.1. The van der Waals surface area contributed by atoms with E-state index in [2.05, 4.69) is 21.6 Å². The number of amides is 2. The van der Waals surface area contributed by atoms with Crippen molar-refractivity contribution >= 4 is 33.2 Å². The Morgan fingerprint density at radius 1 is 1.00 bits per heavy atom. The second-order valence-corrected chi connectivity index (χ2v) is 10.6. The minimum absolute atomic E-state index is 0.284. The maximum absolute atomic E-state index is 12.8. The summed E-state index contributed by atoms with van der Waals surface area (Å²) in [5.41, 5.74) is 2.81. The SMILES string of the molecule is Cc1cccc(N2CCN(S(=O)(=O)CC(=O)Nc3ccccc3C(=O)NCC(C)C)CC2)c1. The van der Waals surface area contributed by atoms with Gasteiger partial charge in [-0.3, -0.25) is 9.59 Å². The molecule has 1 fully saturated rings. The van der Waals surface area contributed by atoms with Gasteiger partial charge in [0, 0.05) is 38.4 Å². The Morgan fingerprint density at radius 3 is 2.36 bits per heavy atom. The highest BCUT2D eigenvalue weighted by atomic mass is 32.2. The van der Waals surface area contributed by atoms with Crippen LogP contribution in [0.3, 0.4) is 0 Å². The maximum atomic E-state index is 12.8. The summed E-state index contributed by atoms with van der Waals surface area (Å²) in [6.07, 6.45) is 0. The number of carbonyl (C=O) groups excluding carboxylic acids is 2. The van der Waals surface area contributed by atoms with Crippen LogP contribution in [0.25, 0.3) is 0 Å². The van der Waals surface area contributed by atoms with Crippen LogP contribution in [0.2, 0.25) is 0 Å². The van der Waals surface area contributed by atoms with Gasteiger partial charge in [-0.05, 0) is 42.7 Å². The standard InChI is InChI=1S/C24H32N4O4S/c1-18(2)16-25-24(30)21-9-4-5-10-22(21)26-23(29)17-33(31,32)28-13-11-27(12-14-28)20-8-6-7-19(3)15-20/h4-10,15,18H,11-14,16-17H2,1-3H3,(H,25,30)(H,26,29). The zero-order valence-corrected chi connectivity index (χ0v) is 20.2. The van der Waals surface area contributed by atoms with Crippen LogP contribution in [0, 0.1) is 12.8 Å². The van der Waals surface area contributed by atoms with Crippen molar-refractivity contribution in [2.24, 2.45) is 5.92 Å². The van der Waals surface area contributed by atoms with Crippen molar-refractivity contribution in [1.29, 1.82) is 0 Å². The average molecular weight is 473 g/mol. The van der Waals surface area contributed by atoms with Crippen molar-refractivity contribution in [3.8, 4) is 0 Å². The molecule has 2 amide bonds. The van der Waals surface area contributed by atoms with E-state index in [1.807, 2.05) is 39.0 Å². The number of rotatable bonds is 8. The summed E-state index contributed by atoms with van der Waals surface area (Å²) in [4.78, 5) is 27.2. The van der Waals surface area contributed by atoms with Crippen LogP contribution >= 0.6 is 0 Å². The highest BCUT2D eigenvalue weighted by Crippen LogP contribution is 2.20. The third-order valence-corrected chi connectivity index (χ3v) is 7.21. The average Bonchev–Trinajstić information content (AvgIpc) is 2.77. The molecule has 178 valence electrons. The zero-order chi connectivity index (χ0) is 24.0. The van der Waals surface area contributed by atoms with Gasteiger partial charge in [-0.15, -0.1) is 0 Å². The zero-order valence-electron chi connectivity index (χ0n) is 19.4. The topological polar surface area (TPSA) is 98.8 Å². The van der Waals surface area contributed by atoms with Gasteiger partial charge in [-0.25, -0.2) is 8.42 Å². The van der Waals surface area contributed by atoms with Crippen LogP contribution in [0.15, 0.2) is 48.5 Å². The van der Waals surface area contributed by atoms with E-state index >= 15 is 0 Å². The predicted octanol–water partition coefficient (Wildman–Crippen LogP) is 2.47. The number of aryl methyl sites for hydroxylation is 1. The minimum Gasteiger partial charge on any atom is -0.369 e. The van der Waals surface area contributed by atoms with E-state index in [1.54, 1.807) is 24.3 Å². The largest absolute Gasteiger partial charge is 0.369 e. The molecule has 9 heteroatoms. The van der Waals surface area contributed by atoms with Gasteiger partial charge in [0.1, 0.15) is 5.75 Å². The van der Waals surface area contributed by atoms with Gasteiger partial charge in [-0.1, -0.05) is 38.1 Å². The van der Waals surface area contributed by atoms with Gasteiger partial charge in [0.25, 0.3) is 5.91 Å². The number of sulfonamides is 1. The molecule has 1 heterocycles. The second-order valence-electron chi connectivity index (χ2n) is 8.68. The number of carbonyl (C=O) groups is 2. The molecule has 0 aromatic heterocycles. The van der Waals surface area contributed by atoms with E-state index in [0.29, 0.717) is 44.0 Å². The third kappa shape index (κ3) is 6.79. The van der Waals surface area contributed by atoms with E-state index in [4.69, 9.17) is 0 Å². The maximum Gasteiger partial charge on any atom is 0.253 e. The fourth-order valence-electron chi connectivity index (χ4n) is 3.67. The number of nitrogens with zero attached hydrogens (tertiary/aromatic N) is 2. The Kier molecular flexibility index (Phi) is 8.10. The van der Waals surface area contributed by atoms with Crippen molar-refractivity contribution in [3.63, 3.8) is 0 Å². The van der Waals surface area contributed by atoms with Gasteiger partial charge in [0.05, 0.1) is 11.3 Å². The molecule has 33 heavy (non-hydrogen) atoms. The van der Waals surface area contributed by atoms with E-state index in [1.165, 1.54) is 4.31 Å². The van der Waals surface area contributed by atoms with Gasteiger partial charge >= 0.3 is 0 Å². The number of hydrogen-bond acceptors (Lipinski definition) is 5. The third-order valence-electron chi connectivity index (χ3n) is 5.43. The fraction of sp³-hybridized carbons (Fsp3) is 0.417. The predicted molar refractivity (Wildman–Crippen MR) is 131 cm³/mol. The molecule has 3 rings (SSSR count). The quantitative estimate of drug-likeness (QED) is 0.615. The number of piperazine rings is 1. The molecule has 0 bridgehead atoms. The summed E-state index contributed by atoms with van der Waals surface area (Å²) < 4.78 is 27.1. The Morgan fingerprint density at radius 2 is 1.70 bits per heavy atom. The molecule has 0 saturated carbocycles. The molecule has 1 saturated heterocycles. The number of benzene rings is 2. The molecule has 1 aliphatic rings. The van der Waals surface area contributed by atoms with Crippen molar-refractivity contribution in [2.75, 3.05) is 48.7 Å². The van der Waals surface area contributed by atoms with E-state index in [-0.39, 0.29) is 11.8 Å². The van der Waals surface area contributed by atoms with Gasteiger partial charge in [-0.2, -0.15) is 4.31 Å². The Hall–Kier alpha value is -2.91. The smallest absolute Gasteiger partial charge is 0.253 e. The Balaban J connectivity index is 1.59. The molecule has 0 spiro atoms. The summed E-state index contributed by atoms with van der Waals surface area (Å²) in [6.45, 7) is 8.25. The molecule has 0 atom stereocenters. The van der Waals surface area contributed by atoms with Crippen molar-refractivity contribution in [1.82, 2.24) is 9.62 Å². The number of nitrogens with one attached hydrogen (secondary N) is 2. The highest BCUT2D eigenvalue weighted by molar-refractivity contribution is 7.89. The van der Waals surface area contributed by atoms with E-state index < -0.39 is 21.7 Å². The number of hydrogen-bond donors (Lipinski definition) is 2. The van der Waals surface area contributed by atoms with Crippen molar-refractivity contribution in [3.05, 3.63) is 59.7 Å². The minimum atomic E-state index is -3.78. The highest BCUT2D eigenvalue weighted by Gasteiger charge is 2.29. The molecule has 2 N–H and O–H groups in total. The van der Waals surface area contributed by atoms with Gasteiger partial charge < -0.3 is 15.5 Å². The molecular weight excluding hydrogens is 440 g/mol. The molecule has 0 aliphatic carbocycles. The first-order chi connectivity index (χ1) is 15.7. The van der Waals surface area contributed by atoms with Crippen LogP contribution in [-0.4, -0.2) is 63.0 Å². The molecule has 8 nitrogen and oxygen atoms in total. The Labute approximate surface area is 196 Å². The van der Waals surface area contributed by atoms with Crippen molar-refractivity contribution < 1.29 is 18.0 Å². The van der Waals surface area contributed by atoms with Gasteiger partial charge in [0.15, 0.2) is 0 Å². The van der Waals surface area contributed by atoms with Crippen LogP contribution in [0.5, 0.6) is 0 Å². The molecule has 1 aliphatic heterocycles. The number of anilines is 2. The van der Waals surface area contributed by atoms with E-state index in [9.17, 15) is 18.0 Å². The summed E-state index contributed by atoms with van der Waals surface area (Å²) in [7, 11) is -3.78. The summed E-state index contributed by atoms with van der Waals surface area (Å²) in [6, 6.07) is 14.7. The lowest BCUT2D eigenvalue weighted by Gasteiger charge is -2.35. The summed E-state index contributed by atoms with van der Waals surface area (Å²) in [5, 5.41) is 5.41. The summed E-state index contributed by atoms with van der Waals surface area (Å²) in [5.74, 6) is -1.36. The van der Waals surface area contributed by atoms with Crippen LogP contribution < -0.4 is 15.5 Å². The molecule has 2 aromatic rings. The first-order valence-corrected chi connectivity index (χ1v) is 12.7. The number of para-hydroxylation sites is 1. The normalized spacial score (nSPS) is 14.8. The first kappa shape index (κ1) is 24.7. The van der Waals surface area contributed by atoms with Crippen LogP contribution in [0.4, 0.5) is 11.4 Å².